The van der Waals surface area contributed by atoms with E-state index in [0.717, 1.165) is 17.5 Å². The molecule has 0 saturated heterocycles. The Bertz CT molecular complexity index is 1220. The average Bonchev–Trinajstić information content (AvgIpc) is 3.44. The van der Waals surface area contributed by atoms with Gasteiger partial charge in [0.05, 0.1) is 23.2 Å². The van der Waals surface area contributed by atoms with Gasteiger partial charge >= 0.3 is 6.55 Å². The van der Waals surface area contributed by atoms with E-state index in [-0.39, 0.29) is 6.54 Å². The Balaban J connectivity index is 1.63. The second-order valence-electron chi connectivity index (χ2n) is 6.48. The fraction of sp³-hybridized carbons (Fsp3) is 0.235. The molecule has 1 amide bonds. The molecular weight excluding hydrogens is 406 g/mol. The van der Waals surface area contributed by atoms with Gasteiger partial charge in [0.2, 0.25) is 5.82 Å². The van der Waals surface area contributed by atoms with Gasteiger partial charge in [0.1, 0.15) is 17.5 Å². The van der Waals surface area contributed by atoms with E-state index in [0.29, 0.717) is 27.6 Å². The molecule has 148 valence electrons. The number of nitrogens with zero attached hydrogens (tertiary/aromatic N) is 7. The summed E-state index contributed by atoms with van der Waals surface area (Å²) < 4.78 is 28.3. The molecule has 0 bridgehead atoms. The van der Waals surface area contributed by atoms with Crippen LogP contribution in [0.1, 0.15) is 40.3 Å². The first kappa shape index (κ1) is 17.7. The Morgan fingerprint density at radius 3 is 2.97 bits per heavy atom. The van der Waals surface area contributed by atoms with E-state index in [2.05, 4.69) is 25.1 Å². The molecule has 9 nitrogen and oxygen atoms in total. The fourth-order valence-electron chi connectivity index (χ4n) is 3.60. The van der Waals surface area contributed by atoms with Crippen LogP contribution >= 0.6 is 11.6 Å². The summed E-state index contributed by atoms with van der Waals surface area (Å²) in [4.78, 5) is 25.8. The summed E-state index contributed by atoms with van der Waals surface area (Å²) in [6.45, 7) is -2.70. The number of aromatic amines is 1. The minimum Gasteiger partial charge on any atom is -0.348 e. The number of carbonyl (C=O) groups is 1. The maximum absolute atomic E-state index is 13.2. The van der Waals surface area contributed by atoms with Crippen molar-refractivity contribution in [1.29, 1.82) is 0 Å². The second-order valence-corrected chi connectivity index (χ2v) is 6.86. The molecule has 0 radical (unpaired) electrons. The number of amides is 1. The van der Waals surface area contributed by atoms with Crippen LogP contribution in [-0.2, 0) is 6.42 Å². The maximum atomic E-state index is 13.2. The van der Waals surface area contributed by atoms with Crippen LogP contribution in [-0.4, -0.2) is 51.7 Å². The molecule has 4 aromatic heterocycles. The molecule has 0 aliphatic carbocycles. The van der Waals surface area contributed by atoms with Crippen LogP contribution in [0.15, 0.2) is 36.9 Å². The highest BCUT2D eigenvalue weighted by Crippen LogP contribution is 2.34. The number of carbonyl (C=O) groups excluding carboxylic acids is 1. The fourth-order valence-corrected chi connectivity index (χ4v) is 3.81. The number of halogens is 3. The van der Waals surface area contributed by atoms with Crippen LogP contribution in [0.4, 0.5) is 8.78 Å². The van der Waals surface area contributed by atoms with E-state index < -0.39 is 24.3 Å². The Kier molecular flexibility index (Phi) is 4.05. The molecule has 1 atom stereocenters. The van der Waals surface area contributed by atoms with Crippen molar-refractivity contribution in [2.75, 3.05) is 6.54 Å². The number of hydrogen-bond acceptors (Lipinski definition) is 5. The van der Waals surface area contributed by atoms with Crippen molar-refractivity contribution in [2.45, 2.75) is 19.0 Å². The monoisotopic (exact) mass is 418 g/mol. The number of hydrogen-bond donors (Lipinski definition) is 1. The minimum atomic E-state index is -2.98. The second kappa shape index (κ2) is 6.62. The predicted octanol–water partition coefficient (Wildman–Crippen LogP) is 2.49. The standard InChI is InChI=1S/C17H13ClF2N8O/c18-12-3-1-2-9-6-11(25-27(9)12)14-13-10(21-7-22-13)4-5-26(14)16(29)15-23-8-24-28(15)17(19)20/h1-3,6-8,14,17H,4-5H2,(H,21,22)/t14-/m1/s1. The van der Waals surface area contributed by atoms with Crippen molar-refractivity contribution in [3.63, 3.8) is 0 Å². The lowest BCUT2D eigenvalue weighted by atomic mass is 9.99. The van der Waals surface area contributed by atoms with Crippen molar-refractivity contribution in [2.24, 2.45) is 0 Å². The van der Waals surface area contributed by atoms with Crippen LogP contribution in [0.2, 0.25) is 5.15 Å². The highest BCUT2D eigenvalue weighted by Gasteiger charge is 2.38. The van der Waals surface area contributed by atoms with Crippen molar-refractivity contribution in [3.8, 4) is 0 Å². The molecule has 4 aromatic rings. The molecule has 1 aliphatic heterocycles. The van der Waals surface area contributed by atoms with E-state index in [1.807, 2.05) is 6.07 Å². The normalized spacial score (nSPS) is 16.6. The van der Waals surface area contributed by atoms with Crippen LogP contribution in [0.5, 0.6) is 0 Å². The number of aromatic nitrogens is 7. The third kappa shape index (κ3) is 2.77. The topological polar surface area (TPSA) is 97.0 Å². The van der Waals surface area contributed by atoms with Gasteiger partial charge in [-0.2, -0.15) is 23.7 Å². The van der Waals surface area contributed by atoms with Crippen LogP contribution in [0.3, 0.4) is 0 Å². The predicted molar refractivity (Wildman–Crippen MR) is 96.6 cm³/mol. The number of nitrogens with one attached hydrogen (secondary N) is 1. The molecule has 29 heavy (non-hydrogen) atoms. The Morgan fingerprint density at radius 2 is 2.17 bits per heavy atom. The zero-order valence-electron chi connectivity index (χ0n) is 14.7. The van der Waals surface area contributed by atoms with E-state index in [1.165, 1.54) is 11.2 Å². The summed E-state index contributed by atoms with van der Waals surface area (Å²) in [5, 5.41) is 8.40. The molecule has 0 saturated carbocycles. The average molecular weight is 419 g/mol. The van der Waals surface area contributed by atoms with Gasteiger partial charge in [-0.1, -0.05) is 17.7 Å². The molecule has 0 aromatic carbocycles. The summed E-state index contributed by atoms with van der Waals surface area (Å²) in [5.41, 5.74) is 2.71. The molecule has 5 rings (SSSR count). The molecule has 0 unspecified atom stereocenters. The molecule has 0 spiro atoms. The van der Waals surface area contributed by atoms with Gasteiger partial charge in [-0.3, -0.25) is 4.79 Å². The Labute approximate surface area is 166 Å². The van der Waals surface area contributed by atoms with Gasteiger partial charge in [-0.05, 0) is 18.2 Å². The highest BCUT2D eigenvalue weighted by molar-refractivity contribution is 6.29. The third-order valence-corrected chi connectivity index (χ3v) is 5.16. The molecular formula is C17H13ClF2N8O. The quantitative estimate of drug-likeness (QED) is 0.515. The van der Waals surface area contributed by atoms with Gasteiger partial charge in [0, 0.05) is 18.7 Å². The first-order valence-corrected chi connectivity index (χ1v) is 9.07. The molecule has 1 aliphatic rings. The lowest BCUT2D eigenvalue weighted by Gasteiger charge is -2.33. The first-order chi connectivity index (χ1) is 14.0. The number of pyridine rings is 1. The summed E-state index contributed by atoms with van der Waals surface area (Å²) in [5.74, 6) is -1.12. The SMILES string of the molecule is O=C(c1ncnn1C(F)F)N1CCc2[nH]cnc2[C@H]1c1cc2cccc(Cl)n2n1. The van der Waals surface area contributed by atoms with Crippen molar-refractivity contribution >= 4 is 23.0 Å². The smallest absolute Gasteiger partial charge is 0.335 e. The molecule has 1 N–H and O–H groups in total. The number of imidazole rings is 1. The van der Waals surface area contributed by atoms with Gasteiger partial charge in [-0.25, -0.2) is 14.5 Å². The maximum Gasteiger partial charge on any atom is 0.335 e. The van der Waals surface area contributed by atoms with E-state index in [4.69, 9.17) is 11.6 Å². The first-order valence-electron chi connectivity index (χ1n) is 8.69. The number of H-pyrrole nitrogens is 1. The van der Waals surface area contributed by atoms with Crippen molar-refractivity contribution in [3.05, 3.63) is 65.0 Å². The summed E-state index contributed by atoms with van der Waals surface area (Å²) in [7, 11) is 0. The zero-order chi connectivity index (χ0) is 20.1. The zero-order valence-corrected chi connectivity index (χ0v) is 15.5. The number of fused-ring (bicyclic) bond motifs is 2. The van der Waals surface area contributed by atoms with Gasteiger partial charge in [0.15, 0.2) is 0 Å². The lowest BCUT2D eigenvalue weighted by Crippen LogP contribution is -2.42. The molecule has 0 fully saturated rings. The number of alkyl halides is 2. The van der Waals surface area contributed by atoms with E-state index in [9.17, 15) is 13.6 Å². The molecule has 5 heterocycles. The Morgan fingerprint density at radius 1 is 1.31 bits per heavy atom. The third-order valence-electron chi connectivity index (χ3n) is 4.87. The summed E-state index contributed by atoms with van der Waals surface area (Å²) in [6.07, 6.45) is 2.97. The summed E-state index contributed by atoms with van der Waals surface area (Å²) >= 11 is 6.22. The van der Waals surface area contributed by atoms with Crippen LogP contribution in [0.25, 0.3) is 5.52 Å². The molecule has 12 heteroatoms. The van der Waals surface area contributed by atoms with Crippen LogP contribution < -0.4 is 0 Å². The Hall–Kier alpha value is -3.34. The number of rotatable bonds is 3. The van der Waals surface area contributed by atoms with Crippen molar-refractivity contribution in [1.82, 2.24) is 39.2 Å². The van der Waals surface area contributed by atoms with Gasteiger partial charge < -0.3 is 9.88 Å². The van der Waals surface area contributed by atoms with Crippen LogP contribution in [0, 0.1) is 0 Å². The highest BCUT2D eigenvalue weighted by atomic mass is 35.5. The van der Waals surface area contributed by atoms with E-state index >= 15 is 0 Å². The summed E-state index contributed by atoms with van der Waals surface area (Å²) in [6, 6.07) is 6.42. The van der Waals surface area contributed by atoms with Gasteiger partial charge in [-0.15, -0.1) is 0 Å². The van der Waals surface area contributed by atoms with E-state index in [1.54, 1.807) is 22.7 Å². The largest absolute Gasteiger partial charge is 0.348 e. The lowest BCUT2D eigenvalue weighted by molar-refractivity contribution is 0.0432. The van der Waals surface area contributed by atoms with Crippen molar-refractivity contribution < 1.29 is 13.6 Å². The minimum absolute atomic E-state index is 0.274. The van der Waals surface area contributed by atoms with Gasteiger partial charge in [0.25, 0.3) is 5.91 Å².